The van der Waals surface area contributed by atoms with Gasteiger partial charge in [0.1, 0.15) is 0 Å². The summed E-state index contributed by atoms with van der Waals surface area (Å²) in [6.07, 6.45) is 1.68. The third-order valence-electron chi connectivity index (χ3n) is 2.56. The average Bonchev–Trinajstić information content (AvgIpc) is 2.19. The highest BCUT2D eigenvalue weighted by atomic mass is 16.4. The lowest BCUT2D eigenvalue weighted by molar-refractivity contribution is -0.150. The molecule has 1 aliphatic rings. The van der Waals surface area contributed by atoms with E-state index < -0.39 is 11.9 Å². The molecule has 0 aromatic rings. The van der Waals surface area contributed by atoms with Crippen LogP contribution in [0.2, 0.25) is 0 Å². The van der Waals surface area contributed by atoms with Crippen molar-refractivity contribution in [2.75, 3.05) is 19.6 Å². The fourth-order valence-electron chi connectivity index (χ4n) is 1.64. The van der Waals surface area contributed by atoms with Crippen LogP contribution < -0.4 is 5.32 Å². The minimum absolute atomic E-state index is 0.0291. The van der Waals surface area contributed by atoms with Gasteiger partial charge in [0.25, 0.3) is 0 Å². The van der Waals surface area contributed by atoms with Gasteiger partial charge in [-0.15, -0.1) is 0 Å². The molecule has 0 atom stereocenters. The number of rotatable bonds is 2. The van der Waals surface area contributed by atoms with Crippen molar-refractivity contribution >= 4 is 11.9 Å². The van der Waals surface area contributed by atoms with E-state index in [2.05, 4.69) is 17.1 Å². The van der Waals surface area contributed by atoms with Crippen LogP contribution in [-0.2, 0) is 9.59 Å². The van der Waals surface area contributed by atoms with E-state index in [-0.39, 0.29) is 6.04 Å². The van der Waals surface area contributed by atoms with Crippen molar-refractivity contribution in [2.45, 2.75) is 25.8 Å². The van der Waals surface area contributed by atoms with Crippen LogP contribution in [0.5, 0.6) is 0 Å². The zero-order valence-corrected chi connectivity index (χ0v) is 8.32. The van der Waals surface area contributed by atoms with Gasteiger partial charge >= 0.3 is 11.9 Å². The molecule has 0 bridgehead atoms. The lowest BCUT2D eigenvalue weighted by Crippen LogP contribution is -2.46. The summed E-state index contributed by atoms with van der Waals surface area (Å²) in [7, 11) is 0. The van der Waals surface area contributed by atoms with Crippen molar-refractivity contribution in [2.24, 2.45) is 0 Å². The zero-order chi connectivity index (χ0) is 10.6. The number of nitrogens with one attached hydrogen (secondary N) is 1. The number of carboxylic acids is 1. The molecule has 1 amide bonds. The summed E-state index contributed by atoms with van der Waals surface area (Å²) in [6, 6.07) is 0.0291. The maximum absolute atomic E-state index is 10.8. The molecule has 1 heterocycles. The molecule has 0 saturated carbocycles. The van der Waals surface area contributed by atoms with Gasteiger partial charge in [-0.2, -0.15) is 0 Å². The number of nitrogens with zero attached hydrogens (tertiary/aromatic N) is 1. The van der Waals surface area contributed by atoms with Gasteiger partial charge in [-0.1, -0.05) is 6.92 Å². The minimum atomic E-state index is -1.40. The molecule has 5 heteroatoms. The molecular formula is C9H16N2O3. The standard InChI is InChI=1S/C9H16N2O3/c1-2-11-5-3-7(4-6-11)10-8(12)9(13)14/h7H,2-6H2,1H3,(H,10,12)(H,13,14). The van der Waals surface area contributed by atoms with Gasteiger partial charge in [-0.3, -0.25) is 4.79 Å². The van der Waals surface area contributed by atoms with Crippen LogP contribution in [0.4, 0.5) is 0 Å². The van der Waals surface area contributed by atoms with E-state index in [9.17, 15) is 9.59 Å². The first-order chi connectivity index (χ1) is 6.63. The van der Waals surface area contributed by atoms with Crippen LogP contribution in [0.15, 0.2) is 0 Å². The van der Waals surface area contributed by atoms with Crippen molar-refractivity contribution < 1.29 is 14.7 Å². The Bertz CT molecular complexity index is 222. The number of carboxylic acid groups (broad SMARTS) is 1. The molecule has 0 spiro atoms. The third kappa shape index (κ3) is 2.99. The molecule has 0 unspecified atom stereocenters. The molecule has 1 saturated heterocycles. The zero-order valence-electron chi connectivity index (χ0n) is 8.32. The maximum Gasteiger partial charge on any atom is 0.394 e. The van der Waals surface area contributed by atoms with E-state index in [1.165, 1.54) is 0 Å². The molecule has 14 heavy (non-hydrogen) atoms. The van der Waals surface area contributed by atoms with E-state index in [0.29, 0.717) is 0 Å². The highest BCUT2D eigenvalue weighted by Crippen LogP contribution is 2.09. The molecule has 1 aliphatic heterocycles. The van der Waals surface area contributed by atoms with Gasteiger partial charge < -0.3 is 15.3 Å². The maximum atomic E-state index is 10.8. The smallest absolute Gasteiger partial charge is 0.394 e. The van der Waals surface area contributed by atoms with Gasteiger partial charge in [0.05, 0.1) is 0 Å². The number of hydrogen-bond donors (Lipinski definition) is 2. The Kier molecular flexibility index (Phi) is 3.88. The summed E-state index contributed by atoms with van der Waals surface area (Å²) in [4.78, 5) is 23.4. The molecule has 80 valence electrons. The third-order valence-corrected chi connectivity index (χ3v) is 2.56. The van der Waals surface area contributed by atoms with Crippen molar-refractivity contribution in [3.05, 3.63) is 0 Å². The second-order valence-electron chi connectivity index (χ2n) is 3.49. The van der Waals surface area contributed by atoms with Crippen molar-refractivity contribution in [1.29, 1.82) is 0 Å². The predicted octanol–water partition coefficient (Wildman–Crippen LogP) is -0.328. The highest BCUT2D eigenvalue weighted by Gasteiger charge is 2.21. The van der Waals surface area contributed by atoms with Crippen LogP contribution in [0.25, 0.3) is 0 Å². The molecule has 0 radical (unpaired) electrons. The van der Waals surface area contributed by atoms with Crippen LogP contribution >= 0.6 is 0 Å². The molecule has 1 fully saturated rings. The largest absolute Gasteiger partial charge is 0.474 e. The summed E-state index contributed by atoms with van der Waals surface area (Å²) >= 11 is 0. The summed E-state index contributed by atoms with van der Waals surface area (Å²) in [6.45, 7) is 4.97. The SMILES string of the molecule is CCN1CCC(NC(=O)C(=O)O)CC1. The minimum Gasteiger partial charge on any atom is -0.474 e. The molecule has 2 N–H and O–H groups in total. The van der Waals surface area contributed by atoms with Gasteiger partial charge in [0.2, 0.25) is 0 Å². The Morgan fingerprint density at radius 1 is 1.43 bits per heavy atom. The van der Waals surface area contributed by atoms with E-state index >= 15 is 0 Å². The van der Waals surface area contributed by atoms with E-state index in [1.54, 1.807) is 0 Å². The molecule has 5 nitrogen and oxygen atoms in total. The first-order valence-electron chi connectivity index (χ1n) is 4.89. The fourth-order valence-corrected chi connectivity index (χ4v) is 1.64. The van der Waals surface area contributed by atoms with Crippen LogP contribution in [0.1, 0.15) is 19.8 Å². The second-order valence-corrected chi connectivity index (χ2v) is 3.49. The Hall–Kier alpha value is -1.10. The summed E-state index contributed by atoms with van der Waals surface area (Å²) in [5, 5.41) is 10.9. The Balaban J connectivity index is 2.29. The number of carbonyl (C=O) groups is 2. The lowest BCUT2D eigenvalue weighted by Gasteiger charge is -2.30. The van der Waals surface area contributed by atoms with E-state index in [1.807, 2.05) is 0 Å². The lowest BCUT2D eigenvalue weighted by atomic mass is 10.1. The first kappa shape index (κ1) is 11.0. The average molecular weight is 200 g/mol. The Morgan fingerprint density at radius 2 is 2.00 bits per heavy atom. The number of piperidine rings is 1. The van der Waals surface area contributed by atoms with E-state index in [4.69, 9.17) is 5.11 Å². The normalized spacial score (nSPS) is 19.2. The van der Waals surface area contributed by atoms with Crippen LogP contribution in [-0.4, -0.2) is 47.6 Å². The summed E-state index contributed by atoms with van der Waals surface area (Å²) < 4.78 is 0. The van der Waals surface area contributed by atoms with Crippen LogP contribution in [0.3, 0.4) is 0 Å². The van der Waals surface area contributed by atoms with Gasteiger partial charge in [-0.25, -0.2) is 4.79 Å². The monoisotopic (exact) mass is 200 g/mol. The quantitative estimate of drug-likeness (QED) is 0.599. The van der Waals surface area contributed by atoms with Crippen molar-refractivity contribution in [1.82, 2.24) is 10.2 Å². The van der Waals surface area contributed by atoms with Gasteiger partial charge in [-0.05, 0) is 19.4 Å². The Morgan fingerprint density at radius 3 is 2.43 bits per heavy atom. The molecule has 0 aromatic carbocycles. The molecular weight excluding hydrogens is 184 g/mol. The first-order valence-corrected chi connectivity index (χ1v) is 4.89. The Labute approximate surface area is 83.1 Å². The molecule has 0 aromatic heterocycles. The van der Waals surface area contributed by atoms with Crippen molar-refractivity contribution in [3.8, 4) is 0 Å². The summed E-state index contributed by atoms with van der Waals surface area (Å²) in [5.41, 5.74) is 0. The number of hydrogen-bond acceptors (Lipinski definition) is 3. The number of carbonyl (C=O) groups excluding carboxylic acids is 1. The number of likely N-dealkylation sites (tertiary alicyclic amines) is 1. The fraction of sp³-hybridized carbons (Fsp3) is 0.778. The number of amides is 1. The summed E-state index contributed by atoms with van der Waals surface area (Å²) in [5.74, 6) is -2.29. The van der Waals surface area contributed by atoms with Crippen LogP contribution in [0, 0.1) is 0 Å². The van der Waals surface area contributed by atoms with Crippen molar-refractivity contribution in [3.63, 3.8) is 0 Å². The second kappa shape index (κ2) is 4.95. The number of aliphatic carboxylic acids is 1. The topological polar surface area (TPSA) is 69.6 Å². The molecule has 1 rings (SSSR count). The van der Waals surface area contributed by atoms with Gasteiger partial charge in [0, 0.05) is 19.1 Å². The van der Waals surface area contributed by atoms with Gasteiger partial charge in [0.15, 0.2) is 0 Å². The van der Waals surface area contributed by atoms with E-state index in [0.717, 1.165) is 32.5 Å². The highest BCUT2D eigenvalue weighted by molar-refractivity contribution is 6.31. The predicted molar refractivity (Wildman–Crippen MR) is 50.9 cm³/mol. The molecule has 0 aliphatic carbocycles.